The number of aromatic nitrogens is 4. The first kappa shape index (κ1) is 22.2. The van der Waals surface area contributed by atoms with Gasteiger partial charge in [-0.15, -0.1) is 10.2 Å². The summed E-state index contributed by atoms with van der Waals surface area (Å²) in [6.07, 6.45) is 1.83. The molecular weight excluding hydrogens is 446 g/mol. The van der Waals surface area contributed by atoms with Crippen molar-refractivity contribution in [1.29, 1.82) is 0 Å². The van der Waals surface area contributed by atoms with E-state index in [4.69, 9.17) is 0 Å². The van der Waals surface area contributed by atoms with Gasteiger partial charge in [-0.2, -0.15) is 0 Å². The van der Waals surface area contributed by atoms with E-state index in [1.165, 1.54) is 11.8 Å². The van der Waals surface area contributed by atoms with Gasteiger partial charge in [-0.25, -0.2) is 0 Å². The molecular formula is C26H25N5O2S. The van der Waals surface area contributed by atoms with Crippen molar-refractivity contribution in [3.63, 3.8) is 0 Å². The lowest BCUT2D eigenvalue weighted by atomic mass is 10.1. The molecule has 0 saturated heterocycles. The molecule has 7 nitrogen and oxygen atoms in total. The lowest BCUT2D eigenvalue weighted by molar-refractivity contribution is -0.115. The number of nitrogens with zero attached hydrogens (tertiary/aromatic N) is 4. The standard InChI is InChI=1S/C26H25N5O2S/c1-3-4-15-30-24(33)21-11-7-8-12-22(21)31-25(30)28-29-26(31)34-17(2)23(32)27-20-14-13-18-9-5-6-10-19(18)16-20/h5-14,16-17H,3-4,15H2,1-2H3,(H,27,32). The number of carbonyl (C=O) groups excluding carboxylic acids is 1. The molecule has 172 valence electrons. The molecule has 2 heterocycles. The molecule has 8 heteroatoms. The van der Waals surface area contributed by atoms with Crippen molar-refractivity contribution in [3.05, 3.63) is 77.1 Å². The number of fused-ring (bicyclic) bond motifs is 4. The van der Waals surface area contributed by atoms with E-state index in [9.17, 15) is 9.59 Å². The van der Waals surface area contributed by atoms with Gasteiger partial charge < -0.3 is 5.32 Å². The van der Waals surface area contributed by atoms with Crippen LogP contribution >= 0.6 is 11.8 Å². The van der Waals surface area contributed by atoms with Crippen molar-refractivity contribution in [2.24, 2.45) is 0 Å². The fourth-order valence-corrected chi connectivity index (χ4v) is 4.91. The Morgan fingerprint density at radius 1 is 1.03 bits per heavy atom. The zero-order chi connectivity index (χ0) is 23.7. The zero-order valence-electron chi connectivity index (χ0n) is 19.1. The van der Waals surface area contributed by atoms with Crippen LogP contribution in [-0.4, -0.2) is 30.3 Å². The van der Waals surface area contributed by atoms with Crippen LogP contribution in [0.2, 0.25) is 0 Å². The number of para-hydroxylation sites is 1. The Morgan fingerprint density at radius 3 is 2.62 bits per heavy atom. The van der Waals surface area contributed by atoms with E-state index in [-0.39, 0.29) is 11.5 Å². The zero-order valence-corrected chi connectivity index (χ0v) is 19.9. The number of carbonyl (C=O) groups is 1. The van der Waals surface area contributed by atoms with Gasteiger partial charge in [0, 0.05) is 12.2 Å². The summed E-state index contributed by atoms with van der Waals surface area (Å²) in [5.41, 5.74) is 1.42. The van der Waals surface area contributed by atoms with Crippen molar-refractivity contribution in [2.45, 2.75) is 43.6 Å². The Kier molecular flexibility index (Phi) is 6.06. The summed E-state index contributed by atoms with van der Waals surface area (Å²) in [4.78, 5) is 26.1. The van der Waals surface area contributed by atoms with Crippen LogP contribution < -0.4 is 10.9 Å². The first-order valence-electron chi connectivity index (χ1n) is 11.4. The van der Waals surface area contributed by atoms with E-state index in [1.54, 1.807) is 4.57 Å². The predicted octanol–water partition coefficient (Wildman–Crippen LogP) is 5.12. The smallest absolute Gasteiger partial charge is 0.262 e. The monoisotopic (exact) mass is 471 g/mol. The minimum Gasteiger partial charge on any atom is -0.325 e. The highest BCUT2D eigenvalue weighted by Crippen LogP contribution is 2.26. The number of unbranched alkanes of at least 4 members (excludes halogenated alkanes) is 1. The fraction of sp³-hybridized carbons (Fsp3) is 0.231. The number of hydrogen-bond donors (Lipinski definition) is 1. The number of thioether (sulfide) groups is 1. The van der Waals surface area contributed by atoms with Crippen LogP contribution in [0.1, 0.15) is 26.7 Å². The number of rotatable bonds is 7. The highest BCUT2D eigenvalue weighted by Gasteiger charge is 2.21. The average molecular weight is 472 g/mol. The summed E-state index contributed by atoms with van der Waals surface area (Å²) in [5, 5.41) is 14.7. The van der Waals surface area contributed by atoms with Crippen LogP contribution in [0.25, 0.3) is 27.5 Å². The van der Waals surface area contributed by atoms with E-state index in [0.29, 0.717) is 22.9 Å². The second-order valence-electron chi connectivity index (χ2n) is 8.26. The molecule has 0 spiro atoms. The quantitative estimate of drug-likeness (QED) is 0.333. The van der Waals surface area contributed by atoms with E-state index in [1.807, 2.05) is 78.1 Å². The lowest BCUT2D eigenvalue weighted by Gasteiger charge is -2.13. The van der Waals surface area contributed by atoms with E-state index < -0.39 is 5.25 Å². The van der Waals surface area contributed by atoms with Gasteiger partial charge in [-0.05, 0) is 48.4 Å². The second-order valence-corrected chi connectivity index (χ2v) is 9.56. The molecule has 1 atom stereocenters. The number of amides is 1. The summed E-state index contributed by atoms with van der Waals surface area (Å²) < 4.78 is 3.57. The maximum absolute atomic E-state index is 13.1. The highest BCUT2D eigenvalue weighted by atomic mass is 32.2. The molecule has 0 radical (unpaired) electrons. The largest absolute Gasteiger partial charge is 0.325 e. The molecule has 1 unspecified atom stereocenters. The first-order chi connectivity index (χ1) is 16.6. The molecule has 0 bridgehead atoms. The van der Waals surface area contributed by atoms with Gasteiger partial charge in [-0.3, -0.25) is 18.6 Å². The third-order valence-electron chi connectivity index (χ3n) is 5.88. The number of aryl methyl sites for hydroxylation is 1. The second kappa shape index (κ2) is 9.30. The maximum atomic E-state index is 13.1. The Bertz CT molecular complexity index is 1570. The molecule has 2 aromatic heterocycles. The molecule has 34 heavy (non-hydrogen) atoms. The Morgan fingerprint density at radius 2 is 1.79 bits per heavy atom. The van der Waals surface area contributed by atoms with Crippen LogP contribution in [-0.2, 0) is 11.3 Å². The molecule has 0 aliphatic heterocycles. The summed E-state index contributed by atoms with van der Waals surface area (Å²) >= 11 is 1.33. The molecule has 0 aliphatic carbocycles. The van der Waals surface area contributed by atoms with Crippen molar-refractivity contribution in [2.75, 3.05) is 5.32 Å². The van der Waals surface area contributed by atoms with Crippen molar-refractivity contribution in [1.82, 2.24) is 19.2 Å². The molecule has 1 amide bonds. The molecule has 0 saturated carbocycles. The van der Waals surface area contributed by atoms with Crippen LogP contribution in [0.4, 0.5) is 5.69 Å². The Balaban J connectivity index is 1.46. The Labute approximate surface area is 200 Å². The van der Waals surface area contributed by atoms with Crippen molar-refractivity contribution >= 4 is 50.8 Å². The van der Waals surface area contributed by atoms with Crippen molar-refractivity contribution < 1.29 is 4.79 Å². The normalized spacial score (nSPS) is 12.4. The molecule has 0 fully saturated rings. The Hall–Kier alpha value is -3.65. The molecule has 3 aromatic carbocycles. The fourth-order valence-electron chi connectivity index (χ4n) is 4.05. The van der Waals surface area contributed by atoms with Gasteiger partial charge in [0.25, 0.3) is 5.56 Å². The number of nitrogens with one attached hydrogen (secondary N) is 1. The molecule has 1 N–H and O–H groups in total. The molecule has 5 rings (SSSR count). The minimum absolute atomic E-state index is 0.0670. The number of anilines is 1. The van der Waals surface area contributed by atoms with E-state index >= 15 is 0 Å². The van der Waals surface area contributed by atoms with Crippen LogP contribution in [0.3, 0.4) is 0 Å². The van der Waals surface area contributed by atoms with Crippen LogP contribution in [0.15, 0.2) is 76.7 Å². The molecule has 0 aliphatic rings. The molecule has 5 aromatic rings. The summed E-state index contributed by atoms with van der Waals surface area (Å²) in [7, 11) is 0. The first-order valence-corrected chi connectivity index (χ1v) is 12.3. The van der Waals surface area contributed by atoms with Crippen LogP contribution in [0.5, 0.6) is 0 Å². The summed E-state index contributed by atoms with van der Waals surface area (Å²) in [6.45, 7) is 4.51. The summed E-state index contributed by atoms with van der Waals surface area (Å²) in [5.74, 6) is 0.377. The minimum atomic E-state index is -0.423. The van der Waals surface area contributed by atoms with Gasteiger partial charge >= 0.3 is 0 Å². The SMILES string of the molecule is CCCCn1c(=O)c2ccccc2n2c(SC(C)C(=O)Nc3ccc4ccccc4c3)nnc12. The van der Waals surface area contributed by atoms with Gasteiger partial charge in [0.2, 0.25) is 11.7 Å². The van der Waals surface area contributed by atoms with Crippen molar-refractivity contribution in [3.8, 4) is 0 Å². The summed E-state index contributed by atoms with van der Waals surface area (Å²) in [6, 6.07) is 21.4. The van der Waals surface area contributed by atoms with Gasteiger partial charge in [0.05, 0.1) is 16.2 Å². The van der Waals surface area contributed by atoms with Gasteiger partial charge in [0.15, 0.2) is 5.16 Å². The highest BCUT2D eigenvalue weighted by molar-refractivity contribution is 8.00. The predicted molar refractivity (Wildman–Crippen MR) is 138 cm³/mol. The van der Waals surface area contributed by atoms with Crippen LogP contribution in [0, 0.1) is 0 Å². The van der Waals surface area contributed by atoms with Gasteiger partial charge in [0.1, 0.15) is 0 Å². The lowest BCUT2D eigenvalue weighted by Crippen LogP contribution is -2.24. The topological polar surface area (TPSA) is 81.3 Å². The third-order valence-corrected chi connectivity index (χ3v) is 6.92. The van der Waals surface area contributed by atoms with E-state index in [2.05, 4.69) is 22.4 Å². The van der Waals surface area contributed by atoms with E-state index in [0.717, 1.165) is 34.8 Å². The average Bonchev–Trinajstić information content (AvgIpc) is 3.27. The maximum Gasteiger partial charge on any atom is 0.262 e. The number of benzene rings is 3. The number of hydrogen-bond acceptors (Lipinski definition) is 5. The third kappa shape index (κ3) is 4.05. The van der Waals surface area contributed by atoms with Gasteiger partial charge in [-0.1, -0.05) is 67.6 Å².